The number of aliphatic carboxylic acids is 1. The van der Waals surface area contributed by atoms with Gasteiger partial charge in [-0.1, -0.05) is 41.9 Å². The van der Waals surface area contributed by atoms with Gasteiger partial charge in [-0.25, -0.2) is 22.6 Å². The Kier molecular flexibility index (Phi) is 7.57. The Balaban J connectivity index is 0.000000448. The molecule has 0 saturated carbocycles. The molecule has 1 aromatic heterocycles. The van der Waals surface area contributed by atoms with E-state index >= 15 is 0 Å². The van der Waals surface area contributed by atoms with Crippen LogP contribution in [0.1, 0.15) is 12.0 Å². The maximum absolute atomic E-state index is 13.6. The molecule has 0 amide bonds. The third kappa shape index (κ3) is 5.54. The average Bonchev–Trinajstić information content (AvgIpc) is 2.89. The number of alkyl halides is 3. The molecule has 0 saturated heterocycles. The number of anilines is 1. The lowest BCUT2D eigenvalue weighted by atomic mass is 10.0. The number of halogens is 4. The summed E-state index contributed by atoms with van der Waals surface area (Å²) in [6, 6.07) is 18.6. The summed E-state index contributed by atoms with van der Waals surface area (Å²) < 4.78 is 61.4. The van der Waals surface area contributed by atoms with Crippen molar-refractivity contribution in [2.45, 2.75) is 23.9 Å². The highest BCUT2D eigenvalue weighted by Gasteiger charge is 2.38. The van der Waals surface area contributed by atoms with Crippen LogP contribution in [0.15, 0.2) is 76.4 Å². The quantitative estimate of drug-likeness (QED) is 0.333. The molecule has 9 nitrogen and oxygen atoms in total. The van der Waals surface area contributed by atoms with E-state index in [1.54, 1.807) is 30.3 Å². The Morgan fingerprint density at radius 3 is 2.36 bits per heavy atom. The van der Waals surface area contributed by atoms with E-state index in [0.717, 1.165) is 16.6 Å². The summed E-state index contributed by atoms with van der Waals surface area (Å²) in [6.07, 6.45) is -3.55. The van der Waals surface area contributed by atoms with Crippen molar-refractivity contribution in [1.29, 1.82) is 5.41 Å². The van der Waals surface area contributed by atoms with Crippen LogP contribution in [-0.2, 0) is 21.2 Å². The molecule has 1 aliphatic rings. The van der Waals surface area contributed by atoms with Gasteiger partial charge in [0.05, 0.1) is 26.8 Å². The largest absolute Gasteiger partial charge is 0.490 e. The fraction of sp³-hybridized carbons (Fsp3) is 0.160. The van der Waals surface area contributed by atoms with Gasteiger partial charge in [-0.05, 0) is 54.8 Å². The van der Waals surface area contributed by atoms with Gasteiger partial charge in [0.1, 0.15) is 5.49 Å². The lowest BCUT2D eigenvalue weighted by Gasteiger charge is -2.30. The molecule has 39 heavy (non-hydrogen) atoms. The van der Waals surface area contributed by atoms with Crippen molar-refractivity contribution in [2.24, 2.45) is 0 Å². The van der Waals surface area contributed by atoms with Crippen molar-refractivity contribution in [2.75, 3.05) is 10.8 Å². The molecule has 4 aromatic rings. The lowest BCUT2D eigenvalue weighted by molar-refractivity contribution is -0.192. The van der Waals surface area contributed by atoms with E-state index in [1.165, 1.54) is 22.5 Å². The van der Waals surface area contributed by atoms with Gasteiger partial charge in [0, 0.05) is 11.9 Å². The molecule has 0 radical (unpaired) electrons. The molecule has 204 valence electrons. The second-order valence-electron chi connectivity index (χ2n) is 8.39. The van der Waals surface area contributed by atoms with Gasteiger partial charge in [0.2, 0.25) is 0 Å². The summed E-state index contributed by atoms with van der Waals surface area (Å²) in [5, 5.41) is 16.4. The van der Waals surface area contributed by atoms with E-state index in [4.69, 9.17) is 26.9 Å². The normalized spacial score (nSPS) is 13.4. The molecule has 0 aliphatic carbocycles. The predicted octanol–water partition coefficient (Wildman–Crippen LogP) is 4.23. The number of fused-ring (bicyclic) bond motifs is 2. The standard InChI is InChI=1S/C23H19ClN4O3S.C2HF3O2/c24-18-12-11-16(32(30,31)27-13-5-7-15-6-1-4-10-20(15)27)14-21(18)28-22(25)17-8-2-3-9-19(17)26-23(28)29;3-2(4,5)1(6)7/h1-4,6,8-12,14,25H,5,7,13H2,(H,26,29);(H,6,7). The number of aromatic nitrogens is 2. The second-order valence-corrected chi connectivity index (χ2v) is 10.7. The van der Waals surface area contributed by atoms with Gasteiger partial charge in [0.25, 0.3) is 10.0 Å². The van der Waals surface area contributed by atoms with Crippen LogP contribution in [0.25, 0.3) is 16.6 Å². The number of nitrogens with zero attached hydrogens (tertiary/aromatic N) is 2. The van der Waals surface area contributed by atoms with Crippen LogP contribution in [0, 0.1) is 5.41 Å². The Morgan fingerprint density at radius 2 is 1.67 bits per heavy atom. The van der Waals surface area contributed by atoms with E-state index in [9.17, 15) is 26.4 Å². The number of carboxylic acid groups (broad SMARTS) is 1. The Hall–Kier alpha value is -4.10. The Bertz CT molecular complexity index is 1800. The third-order valence-electron chi connectivity index (χ3n) is 5.91. The predicted molar refractivity (Wildman–Crippen MR) is 138 cm³/mol. The zero-order valence-corrected chi connectivity index (χ0v) is 21.4. The molecular weight excluding hydrogens is 561 g/mol. The molecule has 3 N–H and O–H groups in total. The van der Waals surface area contributed by atoms with Gasteiger partial charge in [-0.2, -0.15) is 13.2 Å². The van der Waals surface area contributed by atoms with Crippen LogP contribution in [0.5, 0.6) is 0 Å². The minimum atomic E-state index is -5.08. The van der Waals surface area contributed by atoms with Crippen molar-refractivity contribution in [3.8, 4) is 5.69 Å². The number of carbonyl (C=O) groups is 1. The highest BCUT2D eigenvalue weighted by Crippen LogP contribution is 2.33. The first-order valence-corrected chi connectivity index (χ1v) is 13.1. The van der Waals surface area contributed by atoms with Gasteiger partial charge in [0.15, 0.2) is 0 Å². The van der Waals surface area contributed by atoms with Crippen molar-refractivity contribution in [3.05, 3.63) is 93.3 Å². The van der Waals surface area contributed by atoms with E-state index < -0.39 is 27.9 Å². The fourth-order valence-corrected chi connectivity index (χ4v) is 5.89. The summed E-state index contributed by atoms with van der Waals surface area (Å²) in [5.74, 6) is -2.76. The first-order valence-electron chi connectivity index (χ1n) is 11.3. The van der Waals surface area contributed by atoms with Crippen molar-refractivity contribution in [3.63, 3.8) is 0 Å². The van der Waals surface area contributed by atoms with E-state index in [0.29, 0.717) is 29.6 Å². The number of aromatic amines is 1. The summed E-state index contributed by atoms with van der Waals surface area (Å²) in [7, 11) is -3.90. The second kappa shape index (κ2) is 10.6. The van der Waals surface area contributed by atoms with E-state index in [2.05, 4.69) is 4.98 Å². The highest BCUT2D eigenvalue weighted by molar-refractivity contribution is 7.92. The zero-order chi connectivity index (χ0) is 28.5. The number of hydrogen-bond acceptors (Lipinski definition) is 5. The van der Waals surface area contributed by atoms with Crippen LogP contribution in [0.4, 0.5) is 18.9 Å². The summed E-state index contributed by atoms with van der Waals surface area (Å²) in [5.41, 5.74) is 1.63. The molecule has 2 heterocycles. The van der Waals surface area contributed by atoms with Crippen molar-refractivity contribution >= 4 is 44.2 Å². The molecule has 3 aromatic carbocycles. The van der Waals surface area contributed by atoms with Gasteiger partial charge in [-0.3, -0.25) is 9.71 Å². The summed E-state index contributed by atoms with van der Waals surface area (Å²) in [4.78, 5) is 24.4. The van der Waals surface area contributed by atoms with Crippen LogP contribution >= 0.6 is 11.6 Å². The number of nitrogens with one attached hydrogen (secondary N) is 2. The van der Waals surface area contributed by atoms with Crippen LogP contribution < -0.4 is 15.5 Å². The lowest BCUT2D eigenvalue weighted by Crippen LogP contribution is -2.36. The topological polar surface area (TPSA) is 136 Å². The van der Waals surface area contributed by atoms with E-state index in [1.807, 2.05) is 18.2 Å². The SMILES string of the molecule is N=c1c2ccccc2[nH]c(=O)n1-c1cc(S(=O)(=O)N2CCCc3ccccc32)ccc1Cl.O=C(O)C(F)(F)F. The number of benzene rings is 3. The van der Waals surface area contributed by atoms with Gasteiger partial charge in [-0.15, -0.1) is 0 Å². The molecule has 5 rings (SSSR count). The number of para-hydroxylation sites is 2. The molecule has 1 aliphatic heterocycles. The van der Waals surface area contributed by atoms with Crippen LogP contribution in [-0.4, -0.2) is 41.8 Å². The summed E-state index contributed by atoms with van der Waals surface area (Å²) >= 11 is 6.38. The van der Waals surface area contributed by atoms with Crippen molar-refractivity contribution in [1.82, 2.24) is 9.55 Å². The minimum absolute atomic E-state index is 0.00746. The smallest absolute Gasteiger partial charge is 0.475 e. The third-order valence-corrected chi connectivity index (χ3v) is 8.04. The number of hydrogen-bond donors (Lipinski definition) is 3. The maximum atomic E-state index is 13.6. The number of aryl methyl sites for hydroxylation is 1. The Labute approximate surface area is 224 Å². The Morgan fingerprint density at radius 1 is 1.03 bits per heavy atom. The van der Waals surface area contributed by atoms with Crippen LogP contribution in [0.3, 0.4) is 0 Å². The highest BCUT2D eigenvalue weighted by atomic mass is 35.5. The average molecular weight is 581 g/mol. The van der Waals surface area contributed by atoms with Gasteiger partial charge < -0.3 is 10.1 Å². The monoisotopic (exact) mass is 580 g/mol. The molecule has 14 heteroatoms. The van der Waals surface area contributed by atoms with Crippen molar-refractivity contribution < 1.29 is 31.5 Å². The van der Waals surface area contributed by atoms with Gasteiger partial charge >= 0.3 is 17.8 Å². The molecule has 0 atom stereocenters. The number of H-pyrrole nitrogens is 1. The number of rotatable bonds is 3. The molecule has 0 unspecified atom stereocenters. The maximum Gasteiger partial charge on any atom is 0.490 e. The fourth-order valence-electron chi connectivity index (χ4n) is 4.12. The van der Waals surface area contributed by atoms with E-state index in [-0.39, 0.29) is 21.1 Å². The first kappa shape index (κ1) is 27.9. The zero-order valence-electron chi connectivity index (χ0n) is 19.9. The molecular formula is C25H20ClF3N4O5S. The molecule has 0 fully saturated rings. The summed E-state index contributed by atoms with van der Waals surface area (Å²) in [6.45, 7) is 0.366. The first-order chi connectivity index (χ1) is 18.3. The number of carboxylic acids is 1. The molecule has 0 bridgehead atoms. The molecule has 0 spiro atoms. The minimum Gasteiger partial charge on any atom is -0.475 e. The number of sulfonamides is 1. The van der Waals surface area contributed by atoms with Crippen LogP contribution in [0.2, 0.25) is 5.02 Å².